The van der Waals surface area contributed by atoms with E-state index in [0.717, 1.165) is 43.4 Å². The van der Waals surface area contributed by atoms with Crippen LogP contribution < -0.4 is 5.48 Å². The summed E-state index contributed by atoms with van der Waals surface area (Å²) >= 11 is 3.51. The van der Waals surface area contributed by atoms with Gasteiger partial charge in [-0.3, -0.25) is 10.3 Å². The Bertz CT molecular complexity index is 1140. The Morgan fingerprint density at radius 3 is 2.44 bits per heavy atom. The van der Waals surface area contributed by atoms with Gasteiger partial charge in [-0.1, -0.05) is 76.1 Å². The summed E-state index contributed by atoms with van der Waals surface area (Å²) in [7, 11) is 0. The molecule has 2 heterocycles. The molecular weight excluding hydrogens is 400 g/mol. The molecule has 4 aromatic rings. The maximum Gasteiger partial charge on any atom is 0.140 e. The highest BCUT2D eigenvalue weighted by atomic mass is 79.9. The average Bonchev–Trinajstić information content (AvgIpc) is 3.14. The number of hydrogen-bond acceptors (Lipinski definition) is 3. The van der Waals surface area contributed by atoms with Gasteiger partial charge in [0.05, 0.1) is 16.9 Å². The minimum Gasteiger partial charge on any atom is -0.265 e. The zero-order chi connectivity index (χ0) is 18.4. The summed E-state index contributed by atoms with van der Waals surface area (Å²) in [4.78, 5) is 11.0. The molecule has 3 aromatic carbocycles. The summed E-state index contributed by atoms with van der Waals surface area (Å²) in [6.45, 7) is 2.09. The maximum atomic E-state index is 6.04. The van der Waals surface area contributed by atoms with Gasteiger partial charge in [-0.25, -0.2) is 4.98 Å². The van der Waals surface area contributed by atoms with Crippen molar-refractivity contribution in [1.29, 1.82) is 0 Å². The predicted molar refractivity (Wildman–Crippen MR) is 113 cm³/mol. The molecule has 5 rings (SSSR count). The first-order chi connectivity index (χ1) is 13.2. The van der Waals surface area contributed by atoms with Gasteiger partial charge in [0.25, 0.3) is 0 Å². The lowest BCUT2D eigenvalue weighted by Crippen LogP contribution is -2.02. The smallest absolute Gasteiger partial charge is 0.140 e. The van der Waals surface area contributed by atoms with Crippen molar-refractivity contribution < 1.29 is 4.84 Å². The third kappa shape index (κ3) is 2.82. The second kappa shape index (κ2) is 6.48. The molecular formula is C23H17BrN2O. The van der Waals surface area contributed by atoms with Gasteiger partial charge in [-0.15, -0.1) is 0 Å². The molecule has 0 saturated carbocycles. The third-order valence-corrected chi connectivity index (χ3v) is 5.50. The van der Waals surface area contributed by atoms with Crippen LogP contribution in [0.15, 0.2) is 77.3 Å². The molecule has 0 spiro atoms. The van der Waals surface area contributed by atoms with Crippen LogP contribution in [0.4, 0.5) is 5.69 Å². The Morgan fingerprint density at radius 1 is 0.926 bits per heavy atom. The number of aryl methyl sites for hydroxylation is 1. The highest BCUT2D eigenvalue weighted by molar-refractivity contribution is 9.10. The van der Waals surface area contributed by atoms with E-state index in [1.54, 1.807) is 0 Å². The number of pyridine rings is 1. The van der Waals surface area contributed by atoms with E-state index in [-0.39, 0.29) is 6.10 Å². The fourth-order valence-corrected chi connectivity index (χ4v) is 3.84. The van der Waals surface area contributed by atoms with Crippen LogP contribution in [0.25, 0.3) is 22.2 Å². The number of nitrogens with one attached hydrogen (secondary N) is 1. The first kappa shape index (κ1) is 16.5. The molecule has 0 amide bonds. The molecule has 132 valence electrons. The van der Waals surface area contributed by atoms with Crippen molar-refractivity contribution in [3.63, 3.8) is 0 Å². The monoisotopic (exact) mass is 416 g/mol. The van der Waals surface area contributed by atoms with Gasteiger partial charge < -0.3 is 0 Å². The van der Waals surface area contributed by atoms with Crippen LogP contribution in [0.2, 0.25) is 0 Å². The first-order valence-electron chi connectivity index (χ1n) is 8.87. The molecule has 1 aromatic heterocycles. The van der Waals surface area contributed by atoms with Crippen LogP contribution >= 0.6 is 15.9 Å². The minimum atomic E-state index is -0.207. The van der Waals surface area contributed by atoms with Gasteiger partial charge in [0.15, 0.2) is 0 Å². The number of fused-ring (bicyclic) bond motifs is 3. The van der Waals surface area contributed by atoms with Crippen LogP contribution in [0.3, 0.4) is 0 Å². The van der Waals surface area contributed by atoms with E-state index < -0.39 is 0 Å². The van der Waals surface area contributed by atoms with E-state index in [1.807, 2.05) is 30.3 Å². The van der Waals surface area contributed by atoms with Gasteiger partial charge in [-0.2, -0.15) is 0 Å². The molecule has 0 saturated heterocycles. The summed E-state index contributed by atoms with van der Waals surface area (Å²) in [5.74, 6) is 0. The first-order valence-corrected chi connectivity index (χ1v) is 9.67. The molecule has 0 bridgehead atoms. The van der Waals surface area contributed by atoms with Crippen molar-refractivity contribution in [1.82, 2.24) is 4.98 Å². The summed E-state index contributed by atoms with van der Waals surface area (Å²) in [5, 5.41) is 1.07. The quantitative estimate of drug-likeness (QED) is 0.409. The molecule has 0 radical (unpaired) electrons. The lowest BCUT2D eigenvalue weighted by atomic mass is 9.94. The highest BCUT2D eigenvalue weighted by Crippen LogP contribution is 2.45. The van der Waals surface area contributed by atoms with Crippen LogP contribution in [0, 0.1) is 6.92 Å². The van der Waals surface area contributed by atoms with Gasteiger partial charge in [0.2, 0.25) is 0 Å². The molecule has 1 N–H and O–H groups in total. The van der Waals surface area contributed by atoms with Crippen LogP contribution in [0.1, 0.15) is 22.8 Å². The SMILES string of the molecule is Cc1ccc(-c2nc3ccccc3c3c2C(c2ccc(Br)cc2)ON3)cc1. The summed E-state index contributed by atoms with van der Waals surface area (Å²) in [6, 6.07) is 24.9. The lowest BCUT2D eigenvalue weighted by Gasteiger charge is -2.15. The van der Waals surface area contributed by atoms with Gasteiger partial charge in [0.1, 0.15) is 6.10 Å². The highest BCUT2D eigenvalue weighted by Gasteiger charge is 2.31. The molecule has 0 fully saturated rings. The molecule has 3 nitrogen and oxygen atoms in total. The number of rotatable bonds is 2. The van der Waals surface area contributed by atoms with Gasteiger partial charge in [-0.05, 0) is 30.7 Å². The number of aromatic nitrogens is 1. The molecule has 4 heteroatoms. The number of nitrogens with zero attached hydrogens (tertiary/aromatic N) is 1. The number of anilines is 1. The minimum absolute atomic E-state index is 0.207. The Morgan fingerprint density at radius 2 is 1.67 bits per heavy atom. The Kier molecular flexibility index (Phi) is 3.96. The van der Waals surface area contributed by atoms with E-state index in [0.29, 0.717) is 0 Å². The Balaban J connectivity index is 1.78. The van der Waals surface area contributed by atoms with Crippen LogP contribution in [-0.4, -0.2) is 4.98 Å². The standard InChI is InChI=1S/C23H17BrN2O/c1-14-6-8-15(9-7-14)21-20-22(18-4-2-3-5-19(18)25-21)26-27-23(20)16-10-12-17(24)13-11-16/h2-13,23,26H,1H3. The van der Waals surface area contributed by atoms with Crippen molar-refractivity contribution in [2.45, 2.75) is 13.0 Å². The summed E-state index contributed by atoms with van der Waals surface area (Å²) in [6.07, 6.45) is -0.207. The molecule has 1 atom stereocenters. The topological polar surface area (TPSA) is 34.1 Å². The zero-order valence-corrected chi connectivity index (χ0v) is 16.3. The normalized spacial score (nSPS) is 15.6. The number of hydrogen-bond donors (Lipinski definition) is 1. The number of para-hydroxylation sites is 1. The Hall–Kier alpha value is -2.69. The van der Waals surface area contributed by atoms with E-state index in [2.05, 4.69) is 70.8 Å². The summed E-state index contributed by atoms with van der Waals surface area (Å²) in [5.41, 5.74) is 10.6. The average molecular weight is 417 g/mol. The summed E-state index contributed by atoms with van der Waals surface area (Å²) < 4.78 is 1.05. The van der Waals surface area contributed by atoms with E-state index in [1.165, 1.54) is 5.56 Å². The number of benzene rings is 3. The fraction of sp³-hybridized carbons (Fsp3) is 0.0870. The molecule has 1 unspecified atom stereocenters. The molecule has 1 aliphatic rings. The van der Waals surface area contributed by atoms with E-state index in [4.69, 9.17) is 9.82 Å². The largest absolute Gasteiger partial charge is 0.265 e. The van der Waals surface area contributed by atoms with Crippen LogP contribution in [0.5, 0.6) is 0 Å². The van der Waals surface area contributed by atoms with E-state index in [9.17, 15) is 0 Å². The van der Waals surface area contributed by atoms with Crippen molar-refractivity contribution in [2.24, 2.45) is 0 Å². The van der Waals surface area contributed by atoms with Crippen LogP contribution in [-0.2, 0) is 4.84 Å². The van der Waals surface area contributed by atoms with Gasteiger partial charge >= 0.3 is 0 Å². The second-order valence-electron chi connectivity index (χ2n) is 6.78. The van der Waals surface area contributed by atoms with E-state index >= 15 is 0 Å². The lowest BCUT2D eigenvalue weighted by molar-refractivity contribution is 0.155. The third-order valence-electron chi connectivity index (χ3n) is 4.97. The predicted octanol–water partition coefficient (Wildman–Crippen LogP) is 6.42. The van der Waals surface area contributed by atoms with Crippen molar-refractivity contribution in [3.05, 3.63) is 94.0 Å². The number of halogens is 1. The van der Waals surface area contributed by atoms with Crippen molar-refractivity contribution in [2.75, 3.05) is 5.48 Å². The van der Waals surface area contributed by atoms with Crippen molar-refractivity contribution in [3.8, 4) is 11.3 Å². The van der Waals surface area contributed by atoms with Crippen molar-refractivity contribution >= 4 is 32.5 Å². The Labute approximate surface area is 166 Å². The molecule has 27 heavy (non-hydrogen) atoms. The maximum absolute atomic E-state index is 6.04. The zero-order valence-electron chi connectivity index (χ0n) is 14.7. The molecule has 0 aliphatic carbocycles. The fourth-order valence-electron chi connectivity index (χ4n) is 3.57. The second-order valence-corrected chi connectivity index (χ2v) is 7.70. The molecule has 1 aliphatic heterocycles. The van der Waals surface area contributed by atoms with Gasteiger partial charge in [0, 0.05) is 21.0 Å².